The van der Waals surface area contributed by atoms with Crippen LogP contribution in [-0.4, -0.2) is 28.6 Å². The fourth-order valence-electron chi connectivity index (χ4n) is 5.18. The van der Waals surface area contributed by atoms with Gasteiger partial charge in [-0.25, -0.2) is 0 Å². The summed E-state index contributed by atoms with van der Waals surface area (Å²) in [5.74, 6) is 0. The molecule has 1 heterocycles. The minimum atomic E-state index is 0.610. The van der Waals surface area contributed by atoms with Crippen molar-refractivity contribution in [1.29, 1.82) is 0 Å². The molecule has 0 saturated carbocycles. The van der Waals surface area contributed by atoms with E-state index < -0.39 is 0 Å². The van der Waals surface area contributed by atoms with E-state index in [2.05, 4.69) is 49.9 Å². The highest BCUT2D eigenvalue weighted by molar-refractivity contribution is 4.98. The zero-order valence-corrected chi connectivity index (χ0v) is 22.8. The quantitative estimate of drug-likeness (QED) is 0.143. The molecule has 0 radical (unpaired) electrons. The Morgan fingerprint density at radius 3 is 1.38 bits per heavy atom. The van der Waals surface area contributed by atoms with Crippen molar-refractivity contribution >= 4 is 0 Å². The molecule has 1 rings (SSSR count). The molecule has 2 heteroatoms. The average molecular weight is 449 g/mol. The molecule has 32 heavy (non-hydrogen) atoms. The lowest BCUT2D eigenvalue weighted by Gasteiger charge is -2.35. The highest BCUT2D eigenvalue weighted by atomic mass is 15.4. The van der Waals surface area contributed by atoms with Gasteiger partial charge in [-0.1, -0.05) is 129 Å². The third-order valence-corrected chi connectivity index (χ3v) is 7.34. The number of unbranched alkanes of at least 4 members (excludes halogenated alkanes) is 18. The molecule has 0 bridgehead atoms. The van der Waals surface area contributed by atoms with E-state index in [0.717, 1.165) is 0 Å². The summed E-state index contributed by atoms with van der Waals surface area (Å²) in [4.78, 5) is 5.20. The summed E-state index contributed by atoms with van der Waals surface area (Å²) in [5.41, 5.74) is 0. The SMILES string of the molecule is CCCCCCCCCCCCCCCCCCCN1C=CN(C(C)C)C1CCCCC. The van der Waals surface area contributed by atoms with E-state index in [0.29, 0.717) is 12.2 Å². The molecule has 1 atom stereocenters. The van der Waals surface area contributed by atoms with Crippen LogP contribution in [0.15, 0.2) is 12.4 Å². The van der Waals surface area contributed by atoms with E-state index in [-0.39, 0.29) is 0 Å². The number of rotatable bonds is 23. The molecule has 0 aromatic rings. The largest absolute Gasteiger partial charge is 0.356 e. The smallest absolute Gasteiger partial charge is 0.101 e. The van der Waals surface area contributed by atoms with Crippen LogP contribution in [-0.2, 0) is 0 Å². The maximum absolute atomic E-state index is 2.63. The van der Waals surface area contributed by atoms with Crippen molar-refractivity contribution < 1.29 is 0 Å². The first-order chi connectivity index (χ1) is 15.7. The molecule has 0 amide bonds. The second-order valence-corrected chi connectivity index (χ2v) is 10.7. The van der Waals surface area contributed by atoms with Crippen LogP contribution in [0, 0.1) is 0 Å². The van der Waals surface area contributed by atoms with Crippen molar-refractivity contribution in [2.45, 2.75) is 175 Å². The predicted octanol–water partition coefficient (Wildman–Crippen LogP) is 10.0. The molecule has 0 spiro atoms. The molecular formula is C30H60N2. The van der Waals surface area contributed by atoms with E-state index in [1.165, 1.54) is 141 Å². The molecule has 0 aromatic carbocycles. The Labute approximate surface area is 203 Å². The van der Waals surface area contributed by atoms with E-state index >= 15 is 0 Å². The Morgan fingerprint density at radius 2 is 0.938 bits per heavy atom. The Morgan fingerprint density at radius 1 is 0.531 bits per heavy atom. The van der Waals surface area contributed by atoms with Gasteiger partial charge in [-0.15, -0.1) is 0 Å². The molecule has 0 saturated heterocycles. The molecule has 1 aliphatic rings. The first-order valence-electron chi connectivity index (χ1n) is 14.9. The maximum Gasteiger partial charge on any atom is 0.101 e. The van der Waals surface area contributed by atoms with Crippen molar-refractivity contribution in [2.24, 2.45) is 0 Å². The Kier molecular flexibility index (Phi) is 19.2. The first-order valence-corrected chi connectivity index (χ1v) is 14.9. The minimum Gasteiger partial charge on any atom is -0.356 e. The summed E-state index contributed by atoms with van der Waals surface area (Å²) in [6, 6.07) is 0.610. The van der Waals surface area contributed by atoms with Crippen LogP contribution in [0.1, 0.15) is 163 Å². The number of hydrogen-bond acceptors (Lipinski definition) is 2. The molecule has 0 fully saturated rings. The highest BCUT2D eigenvalue weighted by Gasteiger charge is 2.26. The van der Waals surface area contributed by atoms with Gasteiger partial charge >= 0.3 is 0 Å². The molecule has 0 aliphatic carbocycles. The van der Waals surface area contributed by atoms with E-state index in [4.69, 9.17) is 0 Å². The Hall–Kier alpha value is -0.660. The van der Waals surface area contributed by atoms with Crippen LogP contribution < -0.4 is 0 Å². The number of nitrogens with zero attached hydrogens (tertiary/aromatic N) is 2. The molecule has 0 N–H and O–H groups in total. The highest BCUT2D eigenvalue weighted by Crippen LogP contribution is 2.24. The molecule has 1 unspecified atom stereocenters. The van der Waals surface area contributed by atoms with Gasteiger partial charge in [-0.2, -0.15) is 0 Å². The predicted molar refractivity (Wildman–Crippen MR) is 145 cm³/mol. The Balaban J connectivity index is 1.91. The monoisotopic (exact) mass is 448 g/mol. The van der Waals surface area contributed by atoms with Crippen LogP contribution in [0.5, 0.6) is 0 Å². The lowest BCUT2D eigenvalue weighted by Crippen LogP contribution is -2.42. The number of hydrogen-bond donors (Lipinski definition) is 0. The normalized spacial score (nSPS) is 16.1. The van der Waals surface area contributed by atoms with Gasteiger partial charge in [-0.05, 0) is 33.1 Å². The summed E-state index contributed by atoms with van der Waals surface area (Å²) in [6.45, 7) is 10.5. The fraction of sp³-hybridized carbons (Fsp3) is 0.933. The zero-order chi connectivity index (χ0) is 23.3. The van der Waals surface area contributed by atoms with Crippen LogP contribution in [0.2, 0.25) is 0 Å². The summed E-state index contributed by atoms with van der Waals surface area (Å²) >= 11 is 0. The molecule has 190 valence electrons. The van der Waals surface area contributed by atoms with Gasteiger partial charge in [-0.3, -0.25) is 0 Å². The van der Waals surface area contributed by atoms with Crippen molar-refractivity contribution in [2.75, 3.05) is 6.54 Å². The lowest BCUT2D eigenvalue weighted by molar-refractivity contribution is 0.114. The third-order valence-electron chi connectivity index (χ3n) is 7.34. The van der Waals surface area contributed by atoms with Crippen molar-refractivity contribution in [1.82, 2.24) is 9.80 Å². The second kappa shape index (κ2) is 20.9. The van der Waals surface area contributed by atoms with Gasteiger partial charge in [0.1, 0.15) is 6.17 Å². The van der Waals surface area contributed by atoms with E-state index in [1.807, 2.05) is 0 Å². The Bertz CT molecular complexity index is 417. The summed E-state index contributed by atoms with van der Waals surface area (Å²) in [5, 5.41) is 0. The van der Waals surface area contributed by atoms with Gasteiger partial charge in [0.05, 0.1) is 0 Å². The summed E-state index contributed by atoms with van der Waals surface area (Å²) in [7, 11) is 0. The molecular weight excluding hydrogens is 388 g/mol. The maximum atomic E-state index is 2.63. The van der Waals surface area contributed by atoms with Gasteiger partial charge < -0.3 is 9.80 Å². The summed E-state index contributed by atoms with van der Waals surface area (Å²) in [6.07, 6.45) is 35.3. The standard InChI is InChI=1S/C30H60N2/c1-5-7-9-10-11-12-13-14-15-16-17-18-19-20-21-22-24-26-31-27-28-32(29(3)4)30(31)25-23-8-6-2/h27-30H,5-26H2,1-4H3. The van der Waals surface area contributed by atoms with E-state index in [9.17, 15) is 0 Å². The molecule has 0 aromatic heterocycles. The fourth-order valence-corrected chi connectivity index (χ4v) is 5.18. The first kappa shape index (κ1) is 29.4. The van der Waals surface area contributed by atoms with Gasteiger partial charge in [0.15, 0.2) is 0 Å². The van der Waals surface area contributed by atoms with Crippen LogP contribution in [0.25, 0.3) is 0 Å². The van der Waals surface area contributed by atoms with E-state index in [1.54, 1.807) is 0 Å². The minimum absolute atomic E-state index is 0.610. The van der Waals surface area contributed by atoms with Crippen molar-refractivity contribution in [3.05, 3.63) is 12.4 Å². The van der Waals surface area contributed by atoms with Crippen molar-refractivity contribution in [3.63, 3.8) is 0 Å². The van der Waals surface area contributed by atoms with Gasteiger partial charge in [0.2, 0.25) is 0 Å². The summed E-state index contributed by atoms with van der Waals surface area (Å²) < 4.78 is 0. The van der Waals surface area contributed by atoms with Crippen LogP contribution >= 0.6 is 0 Å². The van der Waals surface area contributed by atoms with Crippen molar-refractivity contribution in [3.8, 4) is 0 Å². The zero-order valence-electron chi connectivity index (χ0n) is 22.8. The lowest BCUT2D eigenvalue weighted by atomic mass is 10.0. The van der Waals surface area contributed by atoms with Crippen LogP contribution in [0.3, 0.4) is 0 Å². The molecule has 2 nitrogen and oxygen atoms in total. The van der Waals surface area contributed by atoms with Crippen LogP contribution in [0.4, 0.5) is 0 Å². The average Bonchev–Trinajstić information content (AvgIpc) is 3.19. The molecule has 1 aliphatic heterocycles. The third kappa shape index (κ3) is 14.5. The topological polar surface area (TPSA) is 6.48 Å². The van der Waals surface area contributed by atoms with Gasteiger partial charge in [0, 0.05) is 25.0 Å². The second-order valence-electron chi connectivity index (χ2n) is 10.7. The van der Waals surface area contributed by atoms with Gasteiger partial charge in [0.25, 0.3) is 0 Å².